The normalized spacial score (nSPS) is 12.5. The van der Waals surface area contributed by atoms with Gasteiger partial charge in [0, 0.05) is 21.1 Å². The van der Waals surface area contributed by atoms with E-state index in [0.29, 0.717) is 12.1 Å². The number of nitrogens with one attached hydrogen (secondary N) is 1. The van der Waals surface area contributed by atoms with E-state index >= 15 is 0 Å². The lowest BCUT2D eigenvalue weighted by Crippen LogP contribution is -2.17. The van der Waals surface area contributed by atoms with E-state index in [2.05, 4.69) is 20.4 Å². The molecule has 0 aliphatic rings. The number of aromatic nitrogens is 4. The predicted molar refractivity (Wildman–Crippen MR) is 101 cm³/mol. The van der Waals surface area contributed by atoms with Crippen LogP contribution in [0.5, 0.6) is 0 Å². The molecule has 0 fully saturated rings. The van der Waals surface area contributed by atoms with Crippen molar-refractivity contribution in [2.75, 3.05) is 31.4 Å². The molecule has 0 aliphatic carbocycles. The maximum atomic E-state index is 13.7. The van der Waals surface area contributed by atoms with Crippen LogP contribution < -0.4 is 10.2 Å². The van der Waals surface area contributed by atoms with Gasteiger partial charge >= 0.3 is 12.4 Å². The number of fused-ring (bicyclic) bond motifs is 1. The van der Waals surface area contributed by atoms with Crippen molar-refractivity contribution in [3.63, 3.8) is 0 Å². The fourth-order valence-electron chi connectivity index (χ4n) is 2.71. The Morgan fingerprint density at radius 2 is 1.53 bits per heavy atom. The average Bonchev–Trinajstić information content (AvgIpc) is 2.96. The number of nitrogens with zero attached hydrogens (tertiary/aromatic N) is 5. The first kappa shape index (κ1) is 22.2. The summed E-state index contributed by atoms with van der Waals surface area (Å²) < 4.78 is 80.9. The van der Waals surface area contributed by atoms with Crippen LogP contribution in [-0.4, -0.2) is 40.9 Å². The van der Waals surface area contributed by atoms with Crippen LogP contribution in [0, 0.1) is 0 Å². The third-order valence-corrected chi connectivity index (χ3v) is 4.56. The first-order valence-corrected chi connectivity index (χ1v) is 8.81. The summed E-state index contributed by atoms with van der Waals surface area (Å²) in [6.07, 6.45) is -9.58. The summed E-state index contributed by atoms with van der Waals surface area (Å²) in [6, 6.07) is 1.21. The molecule has 0 aliphatic heterocycles. The van der Waals surface area contributed by atoms with Crippen LogP contribution in [0.15, 0.2) is 12.1 Å². The topological polar surface area (TPSA) is 58.9 Å². The summed E-state index contributed by atoms with van der Waals surface area (Å²) >= 11 is 12.0. The van der Waals surface area contributed by atoms with Crippen LogP contribution in [0.25, 0.3) is 16.7 Å². The van der Waals surface area contributed by atoms with Crippen molar-refractivity contribution in [1.29, 1.82) is 0 Å². The zero-order chi connectivity index (χ0) is 22.6. The summed E-state index contributed by atoms with van der Waals surface area (Å²) in [5.74, 6) is -0.502. The fraction of sp³-hybridized carbons (Fsp3) is 0.312. The molecule has 0 bridgehead atoms. The summed E-state index contributed by atoms with van der Waals surface area (Å²) in [5, 5.41) is 5.14. The molecule has 0 saturated heterocycles. The number of halogens is 8. The zero-order valence-corrected chi connectivity index (χ0v) is 16.9. The van der Waals surface area contributed by atoms with Crippen LogP contribution in [0.4, 0.5) is 38.1 Å². The van der Waals surface area contributed by atoms with E-state index in [1.54, 1.807) is 0 Å². The highest BCUT2D eigenvalue weighted by Crippen LogP contribution is 2.42. The number of hydrogen-bond donors (Lipinski definition) is 1. The number of benzene rings is 1. The number of anilines is 2. The van der Waals surface area contributed by atoms with Crippen molar-refractivity contribution in [3.05, 3.63) is 33.4 Å². The summed E-state index contributed by atoms with van der Waals surface area (Å²) in [6.45, 7) is 0. The minimum absolute atomic E-state index is 0.242. The molecule has 0 amide bonds. The van der Waals surface area contributed by atoms with Crippen LogP contribution in [-0.2, 0) is 12.4 Å². The third-order valence-electron chi connectivity index (χ3n) is 3.98. The molecule has 0 radical (unpaired) electrons. The fourth-order valence-corrected chi connectivity index (χ4v) is 3.35. The summed E-state index contributed by atoms with van der Waals surface area (Å²) in [7, 11) is 4.20. The standard InChI is InChI=1S/C16H12Cl2F6N6/c1-25-13-9-11(16(22,23)24)26-14(29(2)3)27-12(9)28-30(13)10-7(17)4-6(5-8(10)18)15(19,20)21/h4-5,25H,1-3H3. The van der Waals surface area contributed by atoms with Gasteiger partial charge in [-0.15, -0.1) is 5.10 Å². The number of rotatable bonds is 3. The van der Waals surface area contributed by atoms with Gasteiger partial charge in [-0.2, -0.15) is 31.3 Å². The molecule has 2 aromatic heterocycles. The van der Waals surface area contributed by atoms with Crippen molar-refractivity contribution in [3.8, 4) is 5.69 Å². The highest BCUT2D eigenvalue weighted by molar-refractivity contribution is 6.38. The quantitative estimate of drug-likeness (QED) is 0.526. The maximum Gasteiger partial charge on any atom is 0.434 e. The molecular formula is C16H12Cl2F6N6. The Bertz CT molecular complexity index is 1100. The zero-order valence-electron chi connectivity index (χ0n) is 15.4. The number of alkyl halides is 6. The van der Waals surface area contributed by atoms with Crippen LogP contribution in [0.3, 0.4) is 0 Å². The van der Waals surface area contributed by atoms with Crippen LogP contribution in [0.2, 0.25) is 10.0 Å². The van der Waals surface area contributed by atoms with Crippen molar-refractivity contribution in [1.82, 2.24) is 19.7 Å². The van der Waals surface area contributed by atoms with Gasteiger partial charge in [-0.1, -0.05) is 23.2 Å². The molecule has 6 nitrogen and oxygen atoms in total. The molecule has 0 spiro atoms. The molecule has 0 atom stereocenters. The van der Waals surface area contributed by atoms with E-state index in [1.807, 2.05) is 0 Å². The SMILES string of the molecule is CNc1c2c(C(F)(F)F)nc(N(C)C)nc2nn1-c1c(Cl)cc(C(F)(F)F)cc1Cl. The van der Waals surface area contributed by atoms with Crippen molar-refractivity contribution >= 4 is 46.0 Å². The summed E-state index contributed by atoms with van der Waals surface area (Å²) in [5.41, 5.74) is -2.98. The van der Waals surface area contributed by atoms with Crippen LogP contribution >= 0.6 is 23.2 Å². The lowest BCUT2D eigenvalue weighted by molar-refractivity contribution is -0.140. The predicted octanol–water partition coefficient (Wildman–Crippen LogP) is 5.27. The molecule has 0 unspecified atom stereocenters. The van der Waals surface area contributed by atoms with E-state index in [9.17, 15) is 26.3 Å². The lowest BCUT2D eigenvalue weighted by Gasteiger charge is -2.15. The van der Waals surface area contributed by atoms with Crippen molar-refractivity contribution in [2.24, 2.45) is 0 Å². The lowest BCUT2D eigenvalue weighted by atomic mass is 10.2. The minimum Gasteiger partial charge on any atom is -0.372 e. The van der Waals surface area contributed by atoms with E-state index < -0.39 is 39.0 Å². The molecule has 1 aromatic carbocycles. The monoisotopic (exact) mass is 472 g/mol. The van der Waals surface area contributed by atoms with Gasteiger partial charge in [0.1, 0.15) is 11.5 Å². The van der Waals surface area contributed by atoms with Gasteiger partial charge in [0.15, 0.2) is 11.3 Å². The maximum absolute atomic E-state index is 13.7. The van der Waals surface area contributed by atoms with Gasteiger partial charge in [0.2, 0.25) is 5.95 Å². The Balaban J connectivity index is 2.39. The summed E-state index contributed by atoms with van der Waals surface area (Å²) in [4.78, 5) is 8.81. The van der Waals surface area contributed by atoms with Gasteiger partial charge in [-0.05, 0) is 12.1 Å². The highest BCUT2D eigenvalue weighted by Gasteiger charge is 2.39. The van der Waals surface area contributed by atoms with E-state index in [1.165, 1.54) is 26.0 Å². The van der Waals surface area contributed by atoms with Crippen LogP contribution in [0.1, 0.15) is 11.3 Å². The Kier molecular flexibility index (Phi) is 5.44. The molecule has 162 valence electrons. The average molecular weight is 473 g/mol. The first-order chi connectivity index (χ1) is 13.8. The molecule has 0 saturated carbocycles. The van der Waals surface area contributed by atoms with Gasteiger partial charge < -0.3 is 10.2 Å². The number of hydrogen-bond acceptors (Lipinski definition) is 5. The second-order valence-electron chi connectivity index (χ2n) is 6.26. The Hall–Kier alpha value is -2.47. The molecule has 2 heterocycles. The van der Waals surface area contributed by atoms with E-state index in [-0.39, 0.29) is 23.1 Å². The smallest absolute Gasteiger partial charge is 0.372 e. The molecule has 14 heteroatoms. The first-order valence-electron chi connectivity index (χ1n) is 8.05. The minimum atomic E-state index is -4.86. The third kappa shape index (κ3) is 3.81. The Labute approximate surface area is 175 Å². The van der Waals surface area contributed by atoms with E-state index in [0.717, 1.165) is 4.68 Å². The van der Waals surface area contributed by atoms with Gasteiger partial charge in [0.25, 0.3) is 0 Å². The molecular weight excluding hydrogens is 461 g/mol. The van der Waals surface area contributed by atoms with Gasteiger partial charge in [0.05, 0.1) is 21.0 Å². The van der Waals surface area contributed by atoms with Gasteiger partial charge in [-0.3, -0.25) is 0 Å². The molecule has 3 rings (SSSR count). The Morgan fingerprint density at radius 3 is 1.97 bits per heavy atom. The second kappa shape index (κ2) is 7.34. The van der Waals surface area contributed by atoms with Gasteiger partial charge in [-0.25, -0.2) is 9.67 Å². The molecule has 3 aromatic rings. The van der Waals surface area contributed by atoms with Crippen molar-refractivity contribution in [2.45, 2.75) is 12.4 Å². The second-order valence-corrected chi connectivity index (χ2v) is 7.07. The Morgan fingerprint density at radius 1 is 0.967 bits per heavy atom. The van der Waals surface area contributed by atoms with E-state index in [4.69, 9.17) is 23.2 Å². The molecule has 30 heavy (non-hydrogen) atoms. The largest absolute Gasteiger partial charge is 0.434 e. The van der Waals surface area contributed by atoms with Crippen molar-refractivity contribution < 1.29 is 26.3 Å². The highest BCUT2D eigenvalue weighted by atomic mass is 35.5. The molecule has 1 N–H and O–H groups in total.